The van der Waals surface area contributed by atoms with Crippen molar-refractivity contribution in [2.45, 2.75) is 6.42 Å². The Labute approximate surface area is 130 Å². The molecule has 21 heavy (non-hydrogen) atoms. The molecule has 1 aliphatic heterocycles. The summed E-state index contributed by atoms with van der Waals surface area (Å²) in [6.45, 7) is 3.37. The van der Waals surface area contributed by atoms with E-state index in [-0.39, 0.29) is 5.91 Å². The van der Waals surface area contributed by atoms with Gasteiger partial charge in [-0.1, -0.05) is 11.6 Å². The average Bonchev–Trinajstić information content (AvgIpc) is 2.86. The molecule has 2 rings (SSSR count). The Morgan fingerprint density at radius 2 is 2.33 bits per heavy atom. The number of nitrogens with one attached hydrogen (secondary N) is 2. The molecule has 0 radical (unpaired) electrons. The van der Waals surface area contributed by atoms with Crippen LogP contribution in [0.5, 0.6) is 5.75 Å². The number of carbonyl (C=O) groups is 1. The maximum Gasteiger partial charge on any atom is 0.238 e. The molecule has 1 aromatic rings. The minimum Gasteiger partial charge on any atom is -0.495 e. The summed E-state index contributed by atoms with van der Waals surface area (Å²) in [6, 6.07) is 5.24. The fourth-order valence-electron chi connectivity index (χ4n) is 2.66. The van der Waals surface area contributed by atoms with Crippen LogP contribution in [0, 0.1) is 5.92 Å². The number of anilines is 1. The number of hydrogen-bond acceptors (Lipinski definition) is 4. The number of carbonyl (C=O) groups excluding carboxylic acids is 1. The fourth-order valence-corrected chi connectivity index (χ4v) is 2.92. The number of benzene rings is 1. The minimum atomic E-state index is -0.0126. The van der Waals surface area contributed by atoms with E-state index in [1.165, 1.54) is 0 Å². The molecule has 0 saturated carbocycles. The number of amides is 1. The topological polar surface area (TPSA) is 53.6 Å². The molecule has 0 aromatic heterocycles. The van der Waals surface area contributed by atoms with E-state index in [1.54, 1.807) is 25.3 Å². The predicted molar refractivity (Wildman–Crippen MR) is 85.1 cm³/mol. The van der Waals surface area contributed by atoms with E-state index in [2.05, 4.69) is 15.5 Å². The highest BCUT2D eigenvalue weighted by atomic mass is 35.5. The van der Waals surface area contributed by atoms with Crippen molar-refractivity contribution in [3.05, 3.63) is 23.2 Å². The molecule has 2 N–H and O–H groups in total. The summed E-state index contributed by atoms with van der Waals surface area (Å²) in [4.78, 5) is 14.2. The number of nitrogens with zero attached hydrogens (tertiary/aromatic N) is 1. The minimum absolute atomic E-state index is 0.0126. The predicted octanol–water partition coefficient (Wildman–Crippen LogP) is 1.83. The van der Waals surface area contributed by atoms with Crippen molar-refractivity contribution in [3.8, 4) is 5.75 Å². The van der Waals surface area contributed by atoms with Gasteiger partial charge in [0.2, 0.25) is 5.91 Å². The van der Waals surface area contributed by atoms with Gasteiger partial charge in [0.15, 0.2) is 0 Å². The first-order valence-corrected chi connectivity index (χ1v) is 7.50. The normalized spacial score (nSPS) is 18.7. The molecule has 0 aliphatic carbocycles. The number of hydrogen-bond donors (Lipinski definition) is 2. The zero-order valence-corrected chi connectivity index (χ0v) is 13.2. The Morgan fingerprint density at radius 1 is 1.52 bits per heavy atom. The Bertz CT molecular complexity index is 496. The quantitative estimate of drug-likeness (QED) is 0.841. The lowest BCUT2D eigenvalue weighted by atomic mass is 10.1. The van der Waals surface area contributed by atoms with Gasteiger partial charge in [0.05, 0.1) is 18.7 Å². The molecule has 1 unspecified atom stereocenters. The SMILES string of the molecule is CNCC1CCN(CC(=O)Nc2ccc(OC)c(Cl)c2)C1. The van der Waals surface area contributed by atoms with Gasteiger partial charge >= 0.3 is 0 Å². The van der Waals surface area contributed by atoms with E-state index >= 15 is 0 Å². The molecular formula is C15H22ClN3O2. The van der Waals surface area contributed by atoms with Crippen LogP contribution in [0.4, 0.5) is 5.69 Å². The molecule has 1 aromatic carbocycles. The third-order valence-electron chi connectivity index (χ3n) is 3.67. The van der Waals surface area contributed by atoms with Crippen LogP contribution < -0.4 is 15.4 Å². The van der Waals surface area contributed by atoms with Crippen LogP contribution in [0.1, 0.15) is 6.42 Å². The van der Waals surface area contributed by atoms with Crippen molar-refractivity contribution in [2.24, 2.45) is 5.92 Å². The molecule has 1 heterocycles. The smallest absolute Gasteiger partial charge is 0.238 e. The molecule has 0 spiro atoms. The average molecular weight is 312 g/mol. The Kier molecular flexibility index (Phi) is 5.85. The number of ether oxygens (including phenoxy) is 1. The van der Waals surface area contributed by atoms with Gasteiger partial charge in [-0.3, -0.25) is 9.69 Å². The van der Waals surface area contributed by atoms with Crippen molar-refractivity contribution in [1.82, 2.24) is 10.2 Å². The van der Waals surface area contributed by atoms with Crippen molar-refractivity contribution in [3.63, 3.8) is 0 Å². The summed E-state index contributed by atoms with van der Waals surface area (Å²) in [6.07, 6.45) is 1.14. The molecule has 116 valence electrons. The number of rotatable bonds is 6. The summed E-state index contributed by atoms with van der Waals surface area (Å²) in [5.41, 5.74) is 0.691. The highest BCUT2D eigenvalue weighted by molar-refractivity contribution is 6.32. The van der Waals surface area contributed by atoms with Gasteiger partial charge in [-0.15, -0.1) is 0 Å². The fraction of sp³-hybridized carbons (Fsp3) is 0.533. The van der Waals surface area contributed by atoms with Gasteiger partial charge in [0.25, 0.3) is 0 Å². The van der Waals surface area contributed by atoms with E-state index in [0.717, 1.165) is 26.1 Å². The molecule has 1 atom stereocenters. The van der Waals surface area contributed by atoms with Crippen molar-refractivity contribution in [2.75, 3.05) is 45.7 Å². The van der Waals surface area contributed by atoms with E-state index in [9.17, 15) is 4.79 Å². The van der Waals surface area contributed by atoms with E-state index in [1.807, 2.05) is 7.05 Å². The second-order valence-corrected chi connectivity index (χ2v) is 5.75. The Balaban J connectivity index is 1.83. The first-order chi connectivity index (χ1) is 10.1. The van der Waals surface area contributed by atoms with Gasteiger partial charge in [-0.05, 0) is 50.7 Å². The molecule has 1 aliphatic rings. The van der Waals surface area contributed by atoms with Crippen LogP contribution >= 0.6 is 11.6 Å². The van der Waals surface area contributed by atoms with Crippen LogP contribution in [0.2, 0.25) is 5.02 Å². The molecule has 0 bridgehead atoms. The highest BCUT2D eigenvalue weighted by Gasteiger charge is 2.23. The van der Waals surface area contributed by atoms with Crippen molar-refractivity contribution < 1.29 is 9.53 Å². The third kappa shape index (κ3) is 4.59. The highest BCUT2D eigenvalue weighted by Crippen LogP contribution is 2.27. The van der Waals surface area contributed by atoms with Crippen LogP contribution in [0.15, 0.2) is 18.2 Å². The lowest BCUT2D eigenvalue weighted by Crippen LogP contribution is -2.32. The van der Waals surface area contributed by atoms with Gasteiger partial charge < -0.3 is 15.4 Å². The van der Waals surface area contributed by atoms with Crippen LogP contribution in [-0.4, -0.2) is 51.1 Å². The molecule has 1 saturated heterocycles. The molecule has 1 amide bonds. The summed E-state index contributed by atoms with van der Waals surface area (Å²) in [7, 11) is 3.53. The van der Waals surface area contributed by atoms with Crippen LogP contribution in [-0.2, 0) is 4.79 Å². The van der Waals surface area contributed by atoms with Gasteiger partial charge in [-0.2, -0.15) is 0 Å². The largest absolute Gasteiger partial charge is 0.495 e. The summed E-state index contributed by atoms with van der Waals surface area (Å²) >= 11 is 6.04. The van der Waals surface area contributed by atoms with Gasteiger partial charge in [-0.25, -0.2) is 0 Å². The van der Waals surface area contributed by atoms with E-state index < -0.39 is 0 Å². The van der Waals surface area contributed by atoms with E-state index in [0.29, 0.717) is 28.9 Å². The first-order valence-electron chi connectivity index (χ1n) is 7.12. The first kappa shape index (κ1) is 16.1. The standard InChI is InChI=1S/C15H22ClN3O2/c1-17-8-11-5-6-19(9-11)10-15(20)18-12-3-4-14(21-2)13(16)7-12/h3-4,7,11,17H,5-6,8-10H2,1-2H3,(H,18,20). The van der Waals surface area contributed by atoms with E-state index in [4.69, 9.17) is 16.3 Å². The molecule has 1 fully saturated rings. The monoisotopic (exact) mass is 311 g/mol. The molecular weight excluding hydrogens is 290 g/mol. The zero-order chi connectivity index (χ0) is 15.2. The van der Waals surface area contributed by atoms with Gasteiger partial charge in [0, 0.05) is 12.2 Å². The summed E-state index contributed by atoms with van der Waals surface area (Å²) < 4.78 is 5.09. The van der Waals surface area contributed by atoms with Crippen molar-refractivity contribution >= 4 is 23.2 Å². The number of halogens is 1. The lowest BCUT2D eigenvalue weighted by molar-refractivity contribution is -0.117. The molecule has 5 nitrogen and oxygen atoms in total. The third-order valence-corrected chi connectivity index (χ3v) is 3.96. The van der Waals surface area contributed by atoms with Crippen LogP contribution in [0.25, 0.3) is 0 Å². The maximum absolute atomic E-state index is 12.1. The van der Waals surface area contributed by atoms with Gasteiger partial charge in [0.1, 0.15) is 5.75 Å². The lowest BCUT2D eigenvalue weighted by Gasteiger charge is -2.16. The molecule has 6 heteroatoms. The number of methoxy groups -OCH3 is 1. The van der Waals surface area contributed by atoms with Crippen LogP contribution in [0.3, 0.4) is 0 Å². The zero-order valence-electron chi connectivity index (χ0n) is 12.5. The maximum atomic E-state index is 12.1. The second kappa shape index (κ2) is 7.64. The second-order valence-electron chi connectivity index (χ2n) is 5.34. The number of likely N-dealkylation sites (tertiary alicyclic amines) is 1. The summed E-state index contributed by atoms with van der Waals surface area (Å²) in [5.74, 6) is 1.23. The Morgan fingerprint density at radius 3 is 3.00 bits per heavy atom. The van der Waals surface area contributed by atoms with Crippen molar-refractivity contribution in [1.29, 1.82) is 0 Å². The summed E-state index contributed by atoms with van der Waals surface area (Å²) in [5, 5.41) is 6.55. The Hall–Kier alpha value is -1.30.